The molecule has 1 aliphatic carbocycles. The molecular weight excluding hydrogens is 570 g/mol. The third kappa shape index (κ3) is 6.52. The van der Waals surface area contributed by atoms with Crippen LogP contribution in [-0.2, 0) is 0 Å². The summed E-state index contributed by atoms with van der Waals surface area (Å²) in [5.74, 6) is -10.5. The number of rotatable bonds is 8. The lowest BCUT2D eigenvalue weighted by Crippen LogP contribution is -2.37. The van der Waals surface area contributed by atoms with E-state index < -0.39 is 81.4 Å². The zero-order valence-corrected chi connectivity index (χ0v) is 20.9. The first-order valence-electron chi connectivity index (χ1n) is 12.2. The Morgan fingerprint density at radius 1 is 0.756 bits per heavy atom. The van der Waals surface area contributed by atoms with Gasteiger partial charge in [-0.05, 0) is 79.1 Å². The SMILES string of the molecule is C=CC1CCC(C(F)(F)Oc2ccc(-c3cc(F)c(-c4cc(F)c(OC(F)=C(F)F)c(F)c4)c(F)c3)c(F)c2)CC1. The third-order valence-corrected chi connectivity index (χ3v) is 6.76. The van der Waals surface area contributed by atoms with Crippen LogP contribution in [0.2, 0.25) is 0 Å². The minimum Gasteiger partial charge on any atom is -0.432 e. The Labute approximate surface area is 227 Å². The van der Waals surface area contributed by atoms with Crippen molar-refractivity contribution >= 4 is 0 Å². The van der Waals surface area contributed by atoms with Gasteiger partial charge in [-0.15, -0.1) is 6.58 Å². The van der Waals surface area contributed by atoms with Crippen molar-refractivity contribution in [2.75, 3.05) is 0 Å². The molecule has 41 heavy (non-hydrogen) atoms. The average molecular weight is 590 g/mol. The largest absolute Gasteiger partial charge is 0.432 e. The number of halogens is 10. The van der Waals surface area contributed by atoms with E-state index >= 15 is 0 Å². The van der Waals surface area contributed by atoms with Crippen LogP contribution in [0.4, 0.5) is 43.9 Å². The summed E-state index contributed by atoms with van der Waals surface area (Å²) in [7, 11) is 0. The van der Waals surface area contributed by atoms with Gasteiger partial charge in [-0.25, -0.2) is 22.0 Å². The molecule has 0 bridgehead atoms. The van der Waals surface area contributed by atoms with Gasteiger partial charge in [0.25, 0.3) is 0 Å². The minimum atomic E-state index is -3.59. The molecule has 0 unspecified atom stereocenters. The Hall–Kier alpha value is -3.96. The third-order valence-electron chi connectivity index (χ3n) is 6.76. The van der Waals surface area contributed by atoms with Crippen molar-refractivity contribution in [3.63, 3.8) is 0 Å². The van der Waals surface area contributed by atoms with Gasteiger partial charge in [0.15, 0.2) is 11.6 Å². The fourth-order valence-electron chi connectivity index (χ4n) is 4.66. The van der Waals surface area contributed by atoms with Gasteiger partial charge in [0.2, 0.25) is 5.75 Å². The topological polar surface area (TPSA) is 18.5 Å². The Morgan fingerprint density at radius 2 is 1.32 bits per heavy atom. The number of hydrogen-bond acceptors (Lipinski definition) is 2. The maximum Gasteiger partial charge on any atom is 0.400 e. The second-order valence-corrected chi connectivity index (χ2v) is 9.37. The lowest BCUT2D eigenvalue weighted by Gasteiger charge is -2.32. The van der Waals surface area contributed by atoms with Gasteiger partial charge in [0.05, 0.1) is 11.5 Å². The smallest absolute Gasteiger partial charge is 0.400 e. The number of alkyl halides is 2. The highest BCUT2D eigenvalue weighted by Gasteiger charge is 2.43. The van der Waals surface area contributed by atoms with Crippen molar-refractivity contribution in [1.29, 1.82) is 0 Å². The molecule has 1 fully saturated rings. The molecule has 12 heteroatoms. The normalized spacial score (nSPS) is 17.2. The van der Waals surface area contributed by atoms with E-state index in [4.69, 9.17) is 4.74 Å². The number of hydrogen-bond donors (Lipinski definition) is 0. The fourth-order valence-corrected chi connectivity index (χ4v) is 4.66. The van der Waals surface area contributed by atoms with E-state index in [1.165, 1.54) is 0 Å². The van der Waals surface area contributed by atoms with Gasteiger partial charge in [-0.2, -0.15) is 22.0 Å². The number of allylic oxidation sites excluding steroid dienone is 1. The lowest BCUT2D eigenvalue weighted by atomic mass is 9.81. The van der Waals surface area contributed by atoms with Crippen LogP contribution in [0.1, 0.15) is 25.7 Å². The van der Waals surface area contributed by atoms with Gasteiger partial charge in [-0.1, -0.05) is 6.08 Å². The van der Waals surface area contributed by atoms with E-state index in [2.05, 4.69) is 11.3 Å². The Bertz CT molecular complexity index is 1440. The van der Waals surface area contributed by atoms with Crippen LogP contribution < -0.4 is 9.47 Å². The molecule has 3 aromatic rings. The van der Waals surface area contributed by atoms with Crippen molar-refractivity contribution in [2.24, 2.45) is 11.8 Å². The second kappa shape index (κ2) is 11.9. The Balaban J connectivity index is 1.58. The average Bonchev–Trinajstić information content (AvgIpc) is 2.90. The Morgan fingerprint density at radius 3 is 1.83 bits per heavy atom. The molecule has 0 aliphatic heterocycles. The van der Waals surface area contributed by atoms with Gasteiger partial charge < -0.3 is 9.47 Å². The van der Waals surface area contributed by atoms with Crippen molar-refractivity contribution in [2.45, 2.75) is 31.8 Å². The molecule has 0 N–H and O–H groups in total. The molecule has 3 aromatic carbocycles. The van der Waals surface area contributed by atoms with Crippen LogP contribution in [0, 0.1) is 40.9 Å². The summed E-state index contributed by atoms with van der Waals surface area (Å²) < 4.78 is 148. The number of benzene rings is 3. The highest BCUT2D eigenvalue weighted by Crippen LogP contribution is 2.41. The summed E-state index contributed by atoms with van der Waals surface area (Å²) in [6.07, 6.45) is -3.48. The maximum absolute atomic E-state index is 14.9. The van der Waals surface area contributed by atoms with E-state index in [1.54, 1.807) is 6.08 Å². The van der Waals surface area contributed by atoms with E-state index in [0.717, 1.165) is 12.1 Å². The predicted molar refractivity (Wildman–Crippen MR) is 129 cm³/mol. The first-order valence-corrected chi connectivity index (χ1v) is 12.2. The molecule has 0 radical (unpaired) electrons. The lowest BCUT2D eigenvalue weighted by molar-refractivity contribution is -0.223. The van der Waals surface area contributed by atoms with E-state index in [-0.39, 0.29) is 24.3 Å². The molecule has 1 aliphatic rings. The molecule has 1 saturated carbocycles. The molecule has 0 atom stereocenters. The molecular formula is C29H20F10O2. The molecule has 0 amide bonds. The van der Waals surface area contributed by atoms with Gasteiger partial charge >= 0.3 is 18.2 Å². The van der Waals surface area contributed by atoms with Crippen molar-refractivity contribution in [3.8, 4) is 33.8 Å². The van der Waals surface area contributed by atoms with E-state index in [0.29, 0.717) is 43.2 Å². The summed E-state index contributed by atoms with van der Waals surface area (Å²) in [6.45, 7) is 3.66. The fraction of sp³-hybridized carbons (Fsp3) is 0.241. The first-order chi connectivity index (χ1) is 19.3. The van der Waals surface area contributed by atoms with Crippen LogP contribution in [0.5, 0.6) is 11.5 Å². The summed E-state index contributed by atoms with van der Waals surface area (Å²) in [5.41, 5.74) is -2.49. The van der Waals surface area contributed by atoms with Crippen LogP contribution in [0.25, 0.3) is 22.3 Å². The highest BCUT2D eigenvalue weighted by molar-refractivity contribution is 5.73. The van der Waals surface area contributed by atoms with E-state index in [9.17, 15) is 43.9 Å². The standard InChI is InChI=1S/C29H20F10O2/c1-2-14-3-5-17(6-4-14)29(38,39)41-18-7-8-19(20(30)13-18)15-9-21(31)25(22(32)10-15)16-11-23(33)26(24(34)12-16)40-28(37)27(35)36/h2,7-14,17H,1,3-6H2. The zero-order chi connectivity index (χ0) is 30.1. The van der Waals surface area contributed by atoms with Gasteiger partial charge in [0.1, 0.15) is 23.2 Å². The van der Waals surface area contributed by atoms with E-state index in [1.807, 2.05) is 0 Å². The summed E-state index contributed by atoms with van der Waals surface area (Å²) >= 11 is 0. The van der Waals surface area contributed by atoms with Crippen LogP contribution in [0.15, 0.2) is 67.2 Å². The summed E-state index contributed by atoms with van der Waals surface area (Å²) in [6, 6.07) is 1.94. The summed E-state index contributed by atoms with van der Waals surface area (Å²) in [4.78, 5) is 0. The van der Waals surface area contributed by atoms with Crippen LogP contribution >= 0.6 is 0 Å². The first kappa shape index (κ1) is 30.0. The Kier molecular flexibility index (Phi) is 8.69. The number of ether oxygens (including phenoxy) is 2. The monoisotopic (exact) mass is 590 g/mol. The summed E-state index contributed by atoms with van der Waals surface area (Å²) in [5, 5.41) is 0. The van der Waals surface area contributed by atoms with Crippen molar-refractivity contribution in [3.05, 3.63) is 96.3 Å². The quantitative estimate of drug-likeness (QED) is 0.148. The molecule has 0 spiro atoms. The van der Waals surface area contributed by atoms with Crippen LogP contribution in [-0.4, -0.2) is 6.11 Å². The molecule has 218 valence electrons. The molecule has 0 aromatic heterocycles. The molecule has 0 heterocycles. The molecule has 4 rings (SSSR count). The van der Waals surface area contributed by atoms with Gasteiger partial charge in [-0.3, -0.25) is 0 Å². The van der Waals surface area contributed by atoms with Gasteiger partial charge in [0, 0.05) is 11.6 Å². The zero-order valence-electron chi connectivity index (χ0n) is 20.9. The predicted octanol–water partition coefficient (Wildman–Crippen LogP) is 10.1. The minimum absolute atomic E-state index is 0.137. The highest BCUT2D eigenvalue weighted by atomic mass is 19.3. The van der Waals surface area contributed by atoms with Crippen molar-refractivity contribution < 1.29 is 53.4 Å². The second-order valence-electron chi connectivity index (χ2n) is 9.37. The van der Waals surface area contributed by atoms with Crippen LogP contribution in [0.3, 0.4) is 0 Å². The van der Waals surface area contributed by atoms with Crippen molar-refractivity contribution in [1.82, 2.24) is 0 Å². The maximum atomic E-state index is 14.9. The molecule has 0 saturated heterocycles. The molecule has 2 nitrogen and oxygen atoms in total.